The number of rotatable bonds is 2. The second-order valence-corrected chi connectivity index (χ2v) is 4.80. The average Bonchev–Trinajstić information content (AvgIpc) is 2.95. The highest BCUT2D eigenvalue weighted by Gasteiger charge is 2.15. The lowest BCUT2D eigenvalue weighted by Gasteiger charge is -1.90. The first-order chi connectivity index (χ1) is 8.20. The molecule has 0 bridgehead atoms. The van der Waals surface area contributed by atoms with Gasteiger partial charge >= 0.3 is 0 Å². The molecule has 3 aromatic rings. The van der Waals surface area contributed by atoms with Crippen molar-refractivity contribution in [3.8, 4) is 11.5 Å². The van der Waals surface area contributed by atoms with E-state index in [1.165, 1.54) is 11.3 Å². The van der Waals surface area contributed by atoms with Crippen molar-refractivity contribution in [2.45, 2.75) is 13.8 Å². The summed E-state index contributed by atoms with van der Waals surface area (Å²) in [7, 11) is 0. The van der Waals surface area contributed by atoms with Crippen LogP contribution in [0.15, 0.2) is 16.9 Å². The van der Waals surface area contributed by atoms with Gasteiger partial charge in [-0.15, -0.1) is 0 Å². The summed E-state index contributed by atoms with van der Waals surface area (Å²) >= 11 is 1.37. The van der Waals surface area contributed by atoms with Gasteiger partial charge < -0.3 is 4.52 Å². The third-order valence-electron chi connectivity index (χ3n) is 2.68. The van der Waals surface area contributed by atoms with Gasteiger partial charge in [-0.05, 0) is 13.8 Å². The first-order valence-corrected chi connectivity index (χ1v) is 5.87. The Bertz CT molecular complexity index is 708. The lowest BCUT2D eigenvalue weighted by atomic mass is 10.2. The second kappa shape index (κ2) is 3.53. The zero-order valence-corrected chi connectivity index (χ0v) is 10.1. The fourth-order valence-corrected chi connectivity index (χ4v) is 2.65. The molecule has 0 aliphatic carbocycles. The Kier molecular flexibility index (Phi) is 2.12. The van der Waals surface area contributed by atoms with Crippen LogP contribution in [0.1, 0.15) is 20.9 Å². The summed E-state index contributed by atoms with van der Waals surface area (Å²) in [5, 5.41) is 3.73. The Balaban J connectivity index is 2.22. The molecule has 0 aromatic carbocycles. The zero-order chi connectivity index (χ0) is 12.0. The Morgan fingerprint density at radius 2 is 2.29 bits per heavy atom. The smallest absolute Gasteiger partial charge is 0.195 e. The van der Waals surface area contributed by atoms with Crippen molar-refractivity contribution < 1.29 is 9.32 Å². The largest absolute Gasteiger partial charge is 0.354 e. The first-order valence-electron chi connectivity index (χ1n) is 5.06. The molecule has 0 aliphatic heterocycles. The van der Waals surface area contributed by atoms with Gasteiger partial charge in [0, 0.05) is 17.5 Å². The fraction of sp³-hybridized carbons (Fsp3) is 0.182. The van der Waals surface area contributed by atoms with Gasteiger partial charge in [0.05, 0.1) is 11.1 Å². The molecule has 0 saturated carbocycles. The highest BCUT2D eigenvalue weighted by Crippen LogP contribution is 2.27. The standard InChI is InChI=1S/C11H9N3O2S/c1-6-3-12-16-10(6)8-4-14-7(2)9(5-15)17-11(14)13-8/h3-5H,1-2H3. The quantitative estimate of drug-likeness (QED) is 0.653. The summed E-state index contributed by atoms with van der Waals surface area (Å²) in [5.41, 5.74) is 2.59. The van der Waals surface area contributed by atoms with Crippen molar-refractivity contribution in [1.29, 1.82) is 0 Å². The van der Waals surface area contributed by atoms with E-state index >= 15 is 0 Å². The van der Waals surface area contributed by atoms with Crippen LogP contribution in [0.25, 0.3) is 16.4 Å². The molecule has 3 aromatic heterocycles. The van der Waals surface area contributed by atoms with Crippen LogP contribution in [0.4, 0.5) is 0 Å². The number of hydrogen-bond acceptors (Lipinski definition) is 5. The van der Waals surface area contributed by atoms with E-state index in [0.29, 0.717) is 10.6 Å². The lowest BCUT2D eigenvalue weighted by molar-refractivity contribution is 0.112. The number of carbonyl (C=O) groups excluding carboxylic acids is 1. The molecule has 3 heterocycles. The molecule has 86 valence electrons. The third-order valence-corrected chi connectivity index (χ3v) is 3.76. The van der Waals surface area contributed by atoms with Crippen LogP contribution in [-0.4, -0.2) is 20.8 Å². The molecular formula is C11H9N3O2S. The monoisotopic (exact) mass is 247 g/mol. The molecule has 0 N–H and O–H groups in total. The molecule has 17 heavy (non-hydrogen) atoms. The Morgan fingerprint density at radius 1 is 1.47 bits per heavy atom. The molecule has 3 rings (SSSR count). The highest BCUT2D eigenvalue weighted by atomic mass is 32.1. The predicted molar refractivity (Wildman–Crippen MR) is 63.4 cm³/mol. The summed E-state index contributed by atoms with van der Waals surface area (Å²) in [4.78, 5) is 16.7. The van der Waals surface area contributed by atoms with Crippen molar-refractivity contribution in [3.05, 3.63) is 28.5 Å². The number of thiazole rings is 1. The number of fused-ring (bicyclic) bond motifs is 1. The van der Waals surface area contributed by atoms with Crippen LogP contribution in [0.3, 0.4) is 0 Å². The van der Waals surface area contributed by atoms with Gasteiger partial charge in [-0.3, -0.25) is 9.20 Å². The number of nitrogens with zero attached hydrogens (tertiary/aromatic N) is 3. The van der Waals surface area contributed by atoms with Crippen LogP contribution in [0.2, 0.25) is 0 Å². The molecule has 0 aliphatic rings. The third kappa shape index (κ3) is 1.41. The SMILES string of the molecule is Cc1cnoc1-c1cn2c(C)c(C=O)sc2n1. The fourth-order valence-electron chi connectivity index (χ4n) is 1.72. The van der Waals surface area contributed by atoms with Gasteiger partial charge in [-0.2, -0.15) is 0 Å². The van der Waals surface area contributed by atoms with Crippen molar-refractivity contribution in [2.75, 3.05) is 0 Å². The zero-order valence-electron chi connectivity index (χ0n) is 9.30. The Hall–Kier alpha value is -1.95. The van der Waals surface area contributed by atoms with Crippen LogP contribution in [0, 0.1) is 13.8 Å². The Labute approximate surface area is 101 Å². The van der Waals surface area contributed by atoms with Crippen LogP contribution >= 0.6 is 11.3 Å². The van der Waals surface area contributed by atoms with Gasteiger partial charge in [-0.1, -0.05) is 16.5 Å². The molecule has 0 saturated heterocycles. The maximum Gasteiger partial charge on any atom is 0.195 e. The maximum absolute atomic E-state index is 10.8. The predicted octanol–water partition coefficient (Wildman–Crippen LogP) is 2.48. The minimum absolute atomic E-state index is 0.674. The van der Waals surface area contributed by atoms with Crippen molar-refractivity contribution >= 4 is 22.6 Å². The summed E-state index contributed by atoms with van der Waals surface area (Å²) < 4.78 is 7.05. The number of carbonyl (C=O) groups is 1. The molecule has 0 amide bonds. The van der Waals surface area contributed by atoms with Crippen LogP contribution in [0.5, 0.6) is 0 Å². The topological polar surface area (TPSA) is 60.4 Å². The van der Waals surface area contributed by atoms with E-state index in [1.54, 1.807) is 6.20 Å². The normalized spacial score (nSPS) is 11.2. The van der Waals surface area contributed by atoms with E-state index in [4.69, 9.17) is 4.52 Å². The lowest BCUT2D eigenvalue weighted by Crippen LogP contribution is -1.84. The van der Waals surface area contributed by atoms with E-state index in [2.05, 4.69) is 10.1 Å². The Morgan fingerprint density at radius 3 is 2.88 bits per heavy atom. The maximum atomic E-state index is 10.8. The van der Waals surface area contributed by atoms with Gasteiger partial charge in [0.2, 0.25) is 0 Å². The highest BCUT2D eigenvalue weighted by molar-refractivity contribution is 7.18. The molecule has 5 nitrogen and oxygen atoms in total. The number of hydrogen-bond donors (Lipinski definition) is 0. The number of aldehydes is 1. The second-order valence-electron chi connectivity index (χ2n) is 3.79. The average molecular weight is 247 g/mol. The minimum Gasteiger partial charge on any atom is -0.354 e. The molecular weight excluding hydrogens is 238 g/mol. The summed E-state index contributed by atoms with van der Waals surface area (Å²) in [6.07, 6.45) is 4.38. The van der Waals surface area contributed by atoms with Crippen LogP contribution in [-0.2, 0) is 0 Å². The molecule has 0 spiro atoms. The van der Waals surface area contributed by atoms with Crippen molar-refractivity contribution in [1.82, 2.24) is 14.5 Å². The number of imidazole rings is 1. The van der Waals surface area contributed by atoms with E-state index in [1.807, 2.05) is 24.4 Å². The summed E-state index contributed by atoms with van der Waals surface area (Å²) in [5.74, 6) is 0.674. The van der Waals surface area contributed by atoms with E-state index in [0.717, 1.165) is 28.2 Å². The van der Waals surface area contributed by atoms with E-state index < -0.39 is 0 Å². The van der Waals surface area contributed by atoms with Crippen LogP contribution < -0.4 is 0 Å². The summed E-state index contributed by atoms with van der Waals surface area (Å²) in [6, 6.07) is 0. The molecule has 0 atom stereocenters. The summed E-state index contributed by atoms with van der Waals surface area (Å²) in [6.45, 7) is 3.81. The molecule has 0 unspecified atom stereocenters. The number of aromatic nitrogens is 3. The molecule has 6 heteroatoms. The van der Waals surface area contributed by atoms with E-state index in [-0.39, 0.29) is 0 Å². The molecule has 0 fully saturated rings. The van der Waals surface area contributed by atoms with Gasteiger partial charge in [0.25, 0.3) is 0 Å². The van der Waals surface area contributed by atoms with E-state index in [9.17, 15) is 4.79 Å². The minimum atomic E-state index is 0.674. The van der Waals surface area contributed by atoms with Gasteiger partial charge in [0.15, 0.2) is 17.0 Å². The van der Waals surface area contributed by atoms with Crippen molar-refractivity contribution in [2.24, 2.45) is 0 Å². The number of aryl methyl sites for hydroxylation is 2. The van der Waals surface area contributed by atoms with Gasteiger partial charge in [0.1, 0.15) is 5.69 Å². The first kappa shape index (κ1) is 10.2. The van der Waals surface area contributed by atoms with Crippen molar-refractivity contribution in [3.63, 3.8) is 0 Å². The van der Waals surface area contributed by atoms with Gasteiger partial charge in [-0.25, -0.2) is 4.98 Å². The molecule has 0 radical (unpaired) electrons.